The largest absolute Gasteiger partial charge is 0.457 e. The second-order valence-corrected chi connectivity index (χ2v) is 17.0. The van der Waals surface area contributed by atoms with Gasteiger partial charge in [-0.1, -0.05) is 167 Å². The van der Waals surface area contributed by atoms with Gasteiger partial charge in [-0.15, -0.1) is 0 Å². The van der Waals surface area contributed by atoms with Gasteiger partial charge in [-0.25, -0.2) is 4.18 Å². The summed E-state index contributed by atoms with van der Waals surface area (Å²) in [5.41, 5.74) is 0. The maximum atomic E-state index is 12.5. The summed E-state index contributed by atoms with van der Waals surface area (Å²) in [5.74, 6) is -0.414. The summed E-state index contributed by atoms with van der Waals surface area (Å²) >= 11 is 0. The Morgan fingerprint density at radius 3 is 1.58 bits per heavy atom. The minimum atomic E-state index is -5.05. The molecule has 1 rings (SSSR count). The van der Waals surface area contributed by atoms with Gasteiger partial charge in [0.15, 0.2) is 6.29 Å². The van der Waals surface area contributed by atoms with Crippen molar-refractivity contribution in [1.29, 1.82) is 0 Å². The second kappa shape index (κ2) is 36.7. The van der Waals surface area contributed by atoms with Gasteiger partial charge in [0.2, 0.25) is 0 Å². The third kappa shape index (κ3) is 30.5. The van der Waals surface area contributed by atoms with E-state index >= 15 is 0 Å². The van der Waals surface area contributed by atoms with Crippen LogP contribution in [0.25, 0.3) is 0 Å². The molecule has 6 unspecified atom stereocenters. The average molecular weight is 837 g/mol. The third-order valence-electron chi connectivity index (χ3n) is 10.6. The first-order chi connectivity index (χ1) is 27.6. The van der Waals surface area contributed by atoms with Crippen LogP contribution >= 0.6 is 0 Å². The van der Waals surface area contributed by atoms with E-state index in [1.54, 1.807) is 0 Å². The maximum absolute atomic E-state index is 12.5. The van der Waals surface area contributed by atoms with Crippen molar-refractivity contribution in [3.05, 3.63) is 12.2 Å². The molecule has 6 atom stereocenters. The van der Waals surface area contributed by atoms with Crippen molar-refractivity contribution >= 4 is 16.4 Å². The topological polar surface area (TPSA) is 178 Å². The van der Waals surface area contributed by atoms with Crippen LogP contribution in [-0.2, 0) is 38.3 Å². The van der Waals surface area contributed by atoms with E-state index in [0.717, 1.165) is 38.5 Å². The fourth-order valence-electron chi connectivity index (χ4n) is 7.14. The normalized spacial score (nSPS) is 20.7. The van der Waals surface area contributed by atoms with Gasteiger partial charge in [-0.3, -0.25) is 9.35 Å². The number of hydrogen-bond acceptors (Lipinski definition) is 11. The number of ether oxygens (including phenoxy) is 4. The molecule has 57 heavy (non-hydrogen) atoms. The molecule has 13 heteroatoms. The lowest BCUT2D eigenvalue weighted by molar-refractivity contribution is -0.301. The van der Waals surface area contributed by atoms with Crippen LogP contribution < -0.4 is 0 Å². The SMILES string of the molecule is CCCCCCCCCC/C=C\CCCCCCCCCCCCCCCCOCC(COC1OC(CO)C(O)C(OS(=O)(=O)O)C1O)OC(=O)CCCCCC. The Morgan fingerprint density at radius 1 is 0.649 bits per heavy atom. The number of aliphatic hydroxyl groups excluding tert-OH is 3. The lowest BCUT2D eigenvalue weighted by Gasteiger charge is -2.41. The van der Waals surface area contributed by atoms with Gasteiger partial charge in [0.1, 0.15) is 30.5 Å². The molecule has 1 fully saturated rings. The van der Waals surface area contributed by atoms with Crippen molar-refractivity contribution in [3.63, 3.8) is 0 Å². The van der Waals surface area contributed by atoms with Crippen LogP contribution in [0.2, 0.25) is 0 Å². The van der Waals surface area contributed by atoms with E-state index in [9.17, 15) is 28.5 Å². The summed E-state index contributed by atoms with van der Waals surface area (Å²) in [7, 11) is -5.05. The van der Waals surface area contributed by atoms with Crippen molar-refractivity contribution in [1.82, 2.24) is 0 Å². The van der Waals surface area contributed by atoms with Gasteiger partial charge < -0.3 is 34.3 Å². The molecule has 0 saturated carbocycles. The molecule has 4 N–H and O–H groups in total. The summed E-state index contributed by atoms with van der Waals surface area (Å²) in [4.78, 5) is 12.5. The second-order valence-electron chi connectivity index (χ2n) is 16.0. The first-order valence-corrected chi connectivity index (χ1v) is 24.3. The molecule has 1 heterocycles. The Bertz CT molecular complexity index is 1060. The Kier molecular flexibility index (Phi) is 34.6. The number of esters is 1. The van der Waals surface area contributed by atoms with Crippen molar-refractivity contribution in [2.75, 3.05) is 26.4 Å². The van der Waals surface area contributed by atoms with Crippen LogP contribution in [0.15, 0.2) is 12.2 Å². The molecule has 338 valence electrons. The Morgan fingerprint density at radius 2 is 1.11 bits per heavy atom. The summed E-state index contributed by atoms with van der Waals surface area (Å²) in [6.45, 7) is 3.87. The number of carbonyl (C=O) groups is 1. The van der Waals surface area contributed by atoms with Gasteiger partial charge in [0.25, 0.3) is 0 Å². The lowest BCUT2D eigenvalue weighted by atomic mass is 9.99. The highest BCUT2D eigenvalue weighted by Gasteiger charge is 2.48. The summed E-state index contributed by atoms with van der Waals surface area (Å²) in [6, 6.07) is 0. The molecule has 0 aromatic rings. The Labute approximate surface area is 347 Å². The zero-order chi connectivity index (χ0) is 41.8. The highest BCUT2D eigenvalue weighted by Crippen LogP contribution is 2.26. The van der Waals surface area contributed by atoms with Crippen LogP contribution in [0, 0.1) is 0 Å². The van der Waals surface area contributed by atoms with E-state index in [-0.39, 0.29) is 19.6 Å². The molecule has 12 nitrogen and oxygen atoms in total. The molecular weight excluding hydrogens is 753 g/mol. The molecule has 0 aromatic carbocycles. The lowest BCUT2D eigenvalue weighted by Crippen LogP contribution is -2.60. The van der Waals surface area contributed by atoms with Crippen LogP contribution in [0.4, 0.5) is 0 Å². The number of rotatable bonds is 40. The minimum absolute atomic E-state index is 0.0390. The van der Waals surface area contributed by atoms with Gasteiger partial charge in [-0.05, 0) is 38.5 Å². The number of aliphatic hydroxyl groups is 3. The van der Waals surface area contributed by atoms with E-state index in [1.807, 2.05) is 0 Å². The van der Waals surface area contributed by atoms with Crippen molar-refractivity contribution < 1.29 is 56.2 Å². The number of unbranched alkanes of at least 4 members (excludes halogenated alkanes) is 25. The Hall–Kier alpha value is -1.16. The zero-order valence-electron chi connectivity index (χ0n) is 35.9. The number of allylic oxidation sites excluding steroid dienone is 2. The molecule has 0 radical (unpaired) electrons. The van der Waals surface area contributed by atoms with Crippen molar-refractivity contribution in [3.8, 4) is 0 Å². The summed E-state index contributed by atoms with van der Waals surface area (Å²) < 4.78 is 58.6. The smallest absolute Gasteiger partial charge is 0.397 e. The van der Waals surface area contributed by atoms with E-state index in [4.69, 9.17) is 23.5 Å². The fraction of sp³-hybridized carbons (Fsp3) is 0.932. The van der Waals surface area contributed by atoms with Gasteiger partial charge in [-0.2, -0.15) is 8.42 Å². The number of hydrogen-bond donors (Lipinski definition) is 4. The quantitative estimate of drug-likeness (QED) is 0.0199. The molecule has 0 aliphatic carbocycles. The first kappa shape index (κ1) is 53.9. The highest BCUT2D eigenvalue weighted by molar-refractivity contribution is 7.80. The zero-order valence-corrected chi connectivity index (χ0v) is 36.7. The van der Waals surface area contributed by atoms with E-state index in [2.05, 4.69) is 30.2 Å². The monoisotopic (exact) mass is 837 g/mol. The van der Waals surface area contributed by atoms with E-state index in [0.29, 0.717) is 13.0 Å². The van der Waals surface area contributed by atoms with Crippen molar-refractivity contribution in [2.24, 2.45) is 0 Å². The van der Waals surface area contributed by atoms with Crippen LogP contribution in [-0.4, -0.2) is 97.5 Å². The average Bonchev–Trinajstić information content (AvgIpc) is 3.18. The third-order valence-corrected chi connectivity index (χ3v) is 11.1. The van der Waals surface area contributed by atoms with Crippen molar-refractivity contribution in [2.45, 2.75) is 237 Å². The van der Waals surface area contributed by atoms with Gasteiger partial charge in [0.05, 0.1) is 19.8 Å². The summed E-state index contributed by atoms with van der Waals surface area (Å²) in [5, 5.41) is 30.4. The standard InChI is InChI=1S/C44H84O12S/c1-3-5-7-9-10-11-12-13-14-15-16-17-18-19-20-21-22-23-24-25-26-27-28-29-30-32-34-52-36-38(54-40(46)33-31-8-6-4-2)37-53-44-42(48)43(56-57(49,50)51)41(47)39(35-45)55-44/h15-16,38-39,41-45,47-48H,3-14,17-37H2,1-2H3,(H,49,50,51)/b16-15-. The highest BCUT2D eigenvalue weighted by atomic mass is 32.3. The molecule has 0 amide bonds. The van der Waals surface area contributed by atoms with E-state index < -0.39 is 59.8 Å². The molecule has 1 saturated heterocycles. The molecule has 0 spiro atoms. The summed E-state index contributed by atoms with van der Waals surface area (Å²) in [6.07, 6.45) is 30.6. The molecular formula is C44H84O12S. The first-order valence-electron chi connectivity index (χ1n) is 22.9. The molecule has 1 aliphatic rings. The molecule has 0 aromatic heterocycles. The molecule has 0 bridgehead atoms. The van der Waals surface area contributed by atoms with Crippen LogP contribution in [0.3, 0.4) is 0 Å². The van der Waals surface area contributed by atoms with Gasteiger partial charge in [0, 0.05) is 13.0 Å². The number of carbonyl (C=O) groups excluding carboxylic acids is 1. The Balaban J connectivity index is 2.15. The predicted octanol–water partition coefficient (Wildman–Crippen LogP) is 9.47. The molecule has 1 aliphatic heterocycles. The fourth-order valence-corrected chi connectivity index (χ4v) is 7.65. The minimum Gasteiger partial charge on any atom is -0.457 e. The maximum Gasteiger partial charge on any atom is 0.397 e. The van der Waals surface area contributed by atoms with E-state index in [1.165, 1.54) is 135 Å². The van der Waals surface area contributed by atoms with Crippen LogP contribution in [0.1, 0.15) is 200 Å². The predicted molar refractivity (Wildman–Crippen MR) is 225 cm³/mol. The van der Waals surface area contributed by atoms with Crippen LogP contribution in [0.5, 0.6) is 0 Å². The van der Waals surface area contributed by atoms with Gasteiger partial charge >= 0.3 is 16.4 Å².